The Balaban J connectivity index is 3.49. The van der Waals surface area contributed by atoms with Gasteiger partial charge in [-0.15, -0.1) is 0 Å². The van der Waals surface area contributed by atoms with Crippen LogP contribution in [0.3, 0.4) is 0 Å². The van der Waals surface area contributed by atoms with E-state index in [-0.39, 0.29) is 0 Å². The average molecular weight is 298 g/mol. The van der Waals surface area contributed by atoms with E-state index in [1.54, 1.807) is 0 Å². The van der Waals surface area contributed by atoms with E-state index in [4.69, 9.17) is 0 Å². The maximum Gasteiger partial charge on any atom is 0.000504 e. The number of nitrogens with one attached hydrogen (secondary N) is 1. The number of hydrogen-bond acceptors (Lipinski definition) is 1. The van der Waals surface area contributed by atoms with Crippen molar-refractivity contribution >= 4 is 0 Å². The number of hydrogen-bond donors (Lipinski definition) is 1. The Morgan fingerprint density at radius 3 is 1.62 bits per heavy atom. The molecule has 0 heterocycles. The van der Waals surface area contributed by atoms with Gasteiger partial charge in [0.1, 0.15) is 0 Å². The van der Waals surface area contributed by atoms with Crippen LogP contribution in [-0.4, -0.2) is 13.1 Å². The molecule has 0 aliphatic carbocycles. The molecule has 0 amide bonds. The van der Waals surface area contributed by atoms with Gasteiger partial charge in [-0.2, -0.15) is 0 Å². The van der Waals surface area contributed by atoms with Gasteiger partial charge in [0.2, 0.25) is 0 Å². The first-order valence-electron chi connectivity index (χ1n) is 9.89. The van der Waals surface area contributed by atoms with Gasteiger partial charge in [0.15, 0.2) is 0 Å². The lowest BCUT2D eigenvalue weighted by Crippen LogP contribution is -2.31. The second-order valence-corrected chi connectivity index (χ2v) is 7.27. The van der Waals surface area contributed by atoms with Crippen molar-refractivity contribution in [1.29, 1.82) is 0 Å². The summed E-state index contributed by atoms with van der Waals surface area (Å²) in [5, 5.41) is 3.56. The molecule has 1 unspecified atom stereocenters. The van der Waals surface area contributed by atoms with Crippen LogP contribution in [0.2, 0.25) is 0 Å². The third-order valence-corrected chi connectivity index (χ3v) is 4.79. The van der Waals surface area contributed by atoms with Crippen LogP contribution in [-0.2, 0) is 0 Å². The highest BCUT2D eigenvalue weighted by Gasteiger charge is 2.21. The van der Waals surface area contributed by atoms with Gasteiger partial charge in [-0.05, 0) is 24.8 Å². The van der Waals surface area contributed by atoms with Crippen LogP contribution >= 0.6 is 0 Å². The topological polar surface area (TPSA) is 12.0 Å². The molecule has 0 saturated heterocycles. The van der Waals surface area contributed by atoms with E-state index in [9.17, 15) is 0 Å². The van der Waals surface area contributed by atoms with Gasteiger partial charge in [-0.1, -0.05) is 98.3 Å². The Bertz CT molecular complexity index is 202. The Hall–Kier alpha value is -0.0400. The zero-order chi connectivity index (χ0) is 15.8. The molecular formula is C20H43N. The fraction of sp³-hybridized carbons (Fsp3) is 1.00. The molecule has 0 bridgehead atoms. The molecule has 0 aromatic heterocycles. The van der Waals surface area contributed by atoms with E-state index >= 15 is 0 Å². The molecular weight excluding hydrogens is 254 g/mol. The van der Waals surface area contributed by atoms with Crippen LogP contribution in [0, 0.1) is 5.41 Å². The molecule has 128 valence electrons. The van der Waals surface area contributed by atoms with Crippen molar-refractivity contribution in [2.45, 2.75) is 111 Å². The lowest BCUT2D eigenvalue weighted by Gasteiger charge is -2.29. The normalized spacial score (nSPS) is 14.3. The van der Waals surface area contributed by atoms with Crippen molar-refractivity contribution in [2.24, 2.45) is 5.41 Å². The molecule has 1 N–H and O–H groups in total. The molecule has 0 rings (SSSR count). The van der Waals surface area contributed by atoms with Gasteiger partial charge in [0, 0.05) is 6.54 Å². The lowest BCUT2D eigenvalue weighted by atomic mass is 9.80. The third kappa shape index (κ3) is 13.4. The zero-order valence-electron chi connectivity index (χ0n) is 15.6. The van der Waals surface area contributed by atoms with Crippen molar-refractivity contribution in [1.82, 2.24) is 5.32 Å². The first-order valence-corrected chi connectivity index (χ1v) is 9.89. The van der Waals surface area contributed by atoms with Crippen LogP contribution in [0.1, 0.15) is 111 Å². The molecule has 21 heavy (non-hydrogen) atoms. The number of rotatable bonds is 16. The van der Waals surface area contributed by atoms with Crippen molar-refractivity contribution in [3.05, 3.63) is 0 Å². The Morgan fingerprint density at radius 1 is 0.619 bits per heavy atom. The van der Waals surface area contributed by atoms with E-state index in [1.165, 1.54) is 90.0 Å². The Labute approximate surface area is 135 Å². The second-order valence-electron chi connectivity index (χ2n) is 7.27. The molecule has 0 radical (unpaired) electrons. The molecule has 0 fully saturated rings. The van der Waals surface area contributed by atoms with Gasteiger partial charge < -0.3 is 5.32 Å². The Morgan fingerprint density at radius 2 is 1.14 bits per heavy atom. The summed E-state index contributed by atoms with van der Waals surface area (Å²) in [4.78, 5) is 0. The smallest absolute Gasteiger partial charge is 0.000504 e. The minimum Gasteiger partial charge on any atom is -0.316 e. The summed E-state index contributed by atoms with van der Waals surface area (Å²) in [6.07, 6.45) is 18.5. The predicted octanol–water partition coefficient (Wildman–Crippen LogP) is 6.71. The maximum absolute atomic E-state index is 3.56. The molecule has 1 nitrogen and oxygen atoms in total. The first kappa shape index (κ1) is 21.0. The summed E-state index contributed by atoms with van der Waals surface area (Å²) >= 11 is 0. The SMILES string of the molecule is CCCCCCCCCCCCC(C)(CCC)CNCC. The monoisotopic (exact) mass is 297 g/mol. The summed E-state index contributed by atoms with van der Waals surface area (Å²) < 4.78 is 0. The van der Waals surface area contributed by atoms with E-state index < -0.39 is 0 Å². The first-order chi connectivity index (χ1) is 10.2. The fourth-order valence-electron chi connectivity index (χ4n) is 3.37. The highest BCUT2D eigenvalue weighted by Crippen LogP contribution is 2.29. The van der Waals surface area contributed by atoms with E-state index in [0.29, 0.717) is 5.41 Å². The third-order valence-electron chi connectivity index (χ3n) is 4.79. The van der Waals surface area contributed by atoms with Crippen LogP contribution in [0.5, 0.6) is 0 Å². The van der Waals surface area contributed by atoms with Crippen LogP contribution < -0.4 is 5.32 Å². The Kier molecular flexibility index (Phi) is 14.9. The summed E-state index contributed by atoms with van der Waals surface area (Å²) in [6.45, 7) is 11.6. The lowest BCUT2D eigenvalue weighted by molar-refractivity contribution is 0.248. The molecule has 0 aromatic carbocycles. The van der Waals surface area contributed by atoms with E-state index in [2.05, 4.69) is 33.0 Å². The van der Waals surface area contributed by atoms with Gasteiger partial charge >= 0.3 is 0 Å². The van der Waals surface area contributed by atoms with E-state index in [1.807, 2.05) is 0 Å². The minimum absolute atomic E-state index is 0.533. The molecule has 0 aliphatic rings. The molecule has 0 aliphatic heterocycles. The highest BCUT2D eigenvalue weighted by molar-refractivity contribution is 4.76. The molecule has 1 atom stereocenters. The molecule has 1 heteroatoms. The molecule has 0 aromatic rings. The van der Waals surface area contributed by atoms with Crippen molar-refractivity contribution in [3.63, 3.8) is 0 Å². The zero-order valence-corrected chi connectivity index (χ0v) is 15.6. The molecule has 0 spiro atoms. The number of unbranched alkanes of at least 4 members (excludes halogenated alkanes) is 9. The summed E-state index contributed by atoms with van der Waals surface area (Å²) in [6, 6.07) is 0. The van der Waals surface area contributed by atoms with Crippen molar-refractivity contribution in [2.75, 3.05) is 13.1 Å². The summed E-state index contributed by atoms with van der Waals surface area (Å²) in [5.41, 5.74) is 0.533. The van der Waals surface area contributed by atoms with Gasteiger partial charge in [-0.25, -0.2) is 0 Å². The standard InChI is InChI=1S/C20H43N/c1-5-8-9-10-11-12-13-14-15-16-18-20(4,17-6-2)19-21-7-3/h21H,5-19H2,1-4H3. The predicted molar refractivity (Wildman–Crippen MR) is 98.0 cm³/mol. The second kappa shape index (κ2) is 14.9. The van der Waals surface area contributed by atoms with Gasteiger partial charge in [0.05, 0.1) is 0 Å². The van der Waals surface area contributed by atoms with Gasteiger partial charge in [-0.3, -0.25) is 0 Å². The van der Waals surface area contributed by atoms with Crippen molar-refractivity contribution in [3.8, 4) is 0 Å². The summed E-state index contributed by atoms with van der Waals surface area (Å²) in [7, 11) is 0. The minimum atomic E-state index is 0.533. The average Bonchev–Trinajstić information content (AvgIpc) is 2.47. The van der Waals surface area contributed by atoms with Crippen LogP contribution in [0.4, 0.5) is 0 Å². The van der Waals surface area contributed by atoms with Crippen molar-refractivity contribution < 1.29 is 0 Å². The van der Waals surface area contributed by atoms with Crippen LogP contribution in [0.15, 0.2) is 0 Å². The maximum atomic E-state index is 3.56. The van der Waals surface area contributed by atoms with Gasteiger partial charge in [0.25, 0.3) is 0 Å². The largest absolute Gasteiger partial charge is 0.316 e. The van der Waals surface area contributed by atoms with Crippen LogP contribution in [0.25, 0.3) is 0 Å². The summed E-state index contributed by atoms with van der Waals surface area (Å²) in [5.74, 6) is 0. The van der Waals surface area contributed by atoms with E-state index in [0.717, 1.165) is 6.54 Å². The molecule has 0 saturated carbocycles. The quantitative estimate of drug-likeness (QED) is 0.312. The highest BCUT2D eigenvalue weighted by atomic mass is 14.9. The fourth-order valence-corrected chi connectivity index (χ4v) is 3.37.